The first-order chi connectivity index (χ1) is 9.22. The van der Waals surface area contributed by atoms with Gasteiger partial charge in [0.25, 0.3) is 5.91 Å². The first kappa shape index (κ1) is 11.4. The molecule has 1 amide bonds. The Hall–Kier alpha value is -2.69. The maximum atomic E-state index is 12.6. The van der Waals surface area contributed by atoms with Gasteiger partial charge in [-0.2, -0.15) is 4.39 Å². The van der Waals surface area contributed by atoms with E-state index in [0.29, 0.717) is 11.3 Å². The molecule has 5 heteroatoms. The number of rotatable bonds is 2. The molecule has 0 saturated heterocycles. The minimum absolute atomic E-state index is 0.200. The predicted octanol–water partition coefficient (Wildman–Crippen LogP) is 3.22. The van der Waals surface area contributed by atoms with Gasteiger partial charge in [-0.25, -0.2) is 4.98 Å². The average Bonchev–Trinajstić information content (AvgIpc) is 2.85. The van der Waals surface area contributed by atoms with Gasteiger partial charge >= 0.3 is 0 Å². The van der Waals surface area contributed by atoms with Gasteiger partial charge in [0.1, 0.15) is 5.58 Å². The van der Waals surface area contributed by atoms with Crippen molar-refractivity contribution in [3.63, 3.8) is 0 Å². The van der Waals surface area contributed by atoms with E-state index in [0.717, 1.165) is 5.39 Å². The van der Waals surface area contributed by atoms with Crippen LogP contribution in [0.4, 0.5) is 10.1 Å². The molecule has 0 fully saturated rings. The number of carbonyl (C=O) groups is 1. The third-order valence-corrected chi connectivity index (χ3v) is 2.63. The number of anilines is 1. The lowest BCUT2D eigenvalue weighted by Gasteiger charge is -2.01. The number of aromatic nitrogens is 1. The highest BCUT2D eigenvalue weighted by Gasteiger charge is 2.12. The van der Waals surface area contributed by atoms with E-state index in [1.165, 1.54) is 18.3 Å². The lowest BCUT2D eigenvalue weighted by Crippen LogP contribution is -2.11. The Balaban J connectivity index is 1.85. The Morgan fingerprint density at radius 1 is 1.21 bits per heavy atom. The predicted molar refractivity (Wildman–Crippen MR) is 68.4 cm³/mol. The second-order valence-electron chi connectivity index (χ2n) is 3.97. The van der Waals surface area contributed by atoms with Crippen LogP contribution in [0.5, 0.6) is 0 Å². The number of halogens is 1. The fourth-order valence-corrected chi connectivity index (χ4v) is 1.74. The van der Waals surface area contributed by atoms with E-state index in [1.54, 1.807) is 12.1 Å². The minimum atomic E-state index is -0.596. The molecule has 4 nitrogen and oxygen atoms in total. The molecule has 0 atom stereocenters. The minimum Gasteiger partial charge on any atom is -0.451 e. The number of benzene rings is 1. The summed E-state index contributed by atoms with van der Waals surface area (Å²) in [6.45, 7) is 0. The normalized spacial score (nSPS) is 10.6. The van der Waals surface area contributed by atoms with Crippen LogP contribution in [0.2, 0.25) is 0 Å². The summed E-state index contributed by atoms with van der Waals surface area (Å²) < 4.78 is 18.1. The van der Waals surface area contributed by atoms with Gasteiger partial charge in [-0.3, -0.25) is 4.79 Å². The summed E-state index contributed by atoms with van der Waals surface area (Å²) in [5, 5.41) is 3.44. The molecule has 0 spiro atoms. The van der Waals surface area contributed by atoms with Crippen molar-refractivity contribution < 1.29 is 13.6 Å². The fourth-order valence-electron chi connectivity index (χ4n) is 1.74. The summed E-state index contributed by atoms with van der Waals surface area (Å²) in [6, 6.07) is 11.6. The van der Waals surface area contributed by atoms with Gasteiger partial charge in [-0.05, 0) is 24.3 Å². The summed E-state index contributed by atoms with van der Waals surface area (Å²) in [4.78, 5) is 15.4. The Kier molecular flexibility index (Phi) is 2.72. The fraction of sp³-hybridized carbons (Fsp3) is 0. The lowest BCUT2D eigenvalue weighted by molar-refractivity contribution is 0.0998. The van der Waals surface area contributed by atoms with Crippen LogP contribution in [0.15, 0.2) is 53.1 Å². The van der Waals surface area contributed by atoms with E-state index < -0.39 is 11.9 Å². The van der Waals surface area contributed by atoms with Crippen LogP contribution in [0.1, 0.15) is 10.6 Å². The number of furan rings is 1. The molecule has 0 saturated carbocycles. The summed E-state index contributed by atoms with van der Waals surface area (Å²) in [6.07, 6.45) is 1.25. The Morgan fingerprint density at radius 3 is 2.79 bits per heavy atom. The molecule has 19 heavy (non-hydrogen) atoms. The SMILES string of the molecule is O=C(Nc1ccc(F)nc1)c1cc2ccccc2o1. The maximum absolute atomic E-state index is 12.6. The smallest absolute Gasteiger partial charge is 0.291 e. The number of para-hydroxylation sites is 1. The summed E-state index contributed by atoms with van der Waals surface area (Å²) in [5.41, 5.74) is 1.05. The van der Waals surface area contributed by atoms with Gasteiger partial charge in [-0.1, -0.05) is 18.2 Å². The standard InChI is InChI=1S/C14H9FN2O2/c15-13-6-5-10(8-16-13)17-14(18)12-7-9-3-1-2-4-11(9)19-12/h1-8H,(H,17,18). The molecular weight excluding hydrogens is 247 g/mol. The van der Waals surface area contributed by atoms with Gasteiger partial charge in [-0.15, -0.1) is 0 Å². The second-order valence-corrected chi connectivity index (χ2v) is 3.97. The summed E-state index contributed by atoms with van der Waals surface area (Å²) in [5.74, 6) is -0.795. The molecule has 2 heterocycles. The molecule has 0 aliphatic rings. The van der Waals surface area contributed by atoms with Crippen molar-refractivity contribution in [3.05, 3.63) is 60.4 Å². The molecule has 1 N–H and O–H groups in total. The molecular formula is C14H9FN2O2. The third-order valence-electron chi connectivity index (χ3n) is 2.63. The molecule has 0 unspecified atom stereocenters. The van der Waals surface area contributed by atoms with E-state index in [-0.39, 0.29) is 5.76 Å². The van der Waals surface area contributed by atoms with Gasteiger partial charge in [0.05, 0.1) is 11.9 Å². The molecule has 2 aromatic heterocycles. The zero-order valence-electron chi connectivity index (χ0n) is 9.76. The Morgan fingerprint density at radius 2 is 2.05 bits per heavy atom. The quantitative estimate of drug-likeness (QED) is 0.716. The van der Waals surface area contributed by atoms with Crippen molar-refractivity contribution >= 4 is 22.6 Å². The maximum Gasteiger partial charge on any atom is 0.291 e. The van der Waals surface area contributed by atoms with E-state index in [4.69, 9.17) is 4.42 Å². The number of nitrogens with zero attached hydrogens (tertiary/aromatic N) is 1. The topological polar surface area (TPSA) is 55.1 Å². The van der Waals surface area contributed by atoms with Crippen LogP contribution in [0.25, 0.3) is 11.0 Å². The zero-order valence-corrected chi connectivity index (χ0v) is 9.76. The summed E-state index contributed by atoms with van der Waals surface area (Å²) in [7, 11) is 0. The highest BCUT2D eigenvalue weighted by atomic mass is 19.1. The first-order valence-corrected chi connectivity index (χ1v) is 5.64. The first-order valence-electron chi connectivity index (χ1n) is 5.64. The largest absolute Gasteiger partial charge is 0.451 e. The van der Waals surface area contributed by atoms with Crippen molar-refractivity contribution in [1.82, 2.24) is 4.98 Å². The molecule has 0 aliphatic heterocycles. The zero-order chi connectivity index (χ0) is 13.2. The monoisotopic (exact) mass is 256 g/mol. The van der Waals surface area contributed by atoms with Crippen molar-refractivity contribution in [3.8, 4) is 0 Å². The van der Waals surface area contributed by atoms with Gasteiger partial charge < -0.3 is 9.73 Å². The van der Waals surface area contributed by atoms with E-state index in [2.05, 4.69) is 10.3 Å². The highest BCUT2D eigenvalue weighted by molar-refractivity contribution is 6.04. The number of hydrogen-bond donors (Lipinski definition) is 1. The number of nitrogens with one attached hydrogen (secondary N) is 1. The molecule has 0 bridgehead atoms. The third kappa shape index (κ3) is 2.30. The number of carbonyl (C=O) groups excluding carboxylic acids is 1. The van der Waals surface area contributed by atoms with Crippen molar-refractivity contribution in [2.75, 3.05) is 5.32 Å². The Bertz CT molecular complexity index is 702. The second kappa shape index (κ2) is 4.53. The number of pyridine rings is 1. The molecule has 3 aromatic rings. The van der Waals surface area contributed by atoms with Crippen molar-refractivity contribution in [2.45, 2.75) is 0 Å². The number of amides is 1. The number of hydrogen-bond acceptors (Lipinski definition) is 3. The highest BCUT2D eigenvalue weighted by Crippen LogP contribution is 2.19. The number of fused-ring (bicyclic) bond motifs is 1. The molecule has 3 rings (SSSR count). The van der Waals surface area contributed by atoms with Crippen LogP contribution in [-0.2, 0) is 0 Å². The Labute approximate surface area is 107 Å². The molecule has 94 valence electrons. The van der Waals surface area contributed by atoms with Crippen molar-refractivity contribution in [1.29, 1.82) is 0 Å². The van der Waals surface area contributed by atoms with Crippen LogP contribution >= 0.6 is 0 Å². The van der Waals surface area contributed by atoms with Crippen LogP contribution < -0.4 is 5.32 Å². The van der Waals surface area contributed by atoms with E-state index in [1.807, 2.05) is 18.2 Å². The van der Waals surface area contributed by atoms with E-state index >= 15 is 0 Å². The van der Waals surface area contributed by atoms with Crippen LogP contribution in [0.3, 0.4) is 0 Å². The molecule has 1 aromatic carbocycles. The van der Waals surface area contributed by atoms with E-state index in [9.17, 15) is 9.18 Å². The van der Waals surface area contributed by atoms with Gasteiger partial charge in [0, 0.05) is 5.39 Å². The average molecular weight is 256 g/mol. The van der Waals surface area contributed by atoms with Crippen LogP contribution in [-0.4, -0.2) is 10.9 Å². The van der Waals surface area contributed by atoms with Crippen LogP contribution in [0, 0.1) is 5.95 Å². The summed E-state index contributed by atoms with van der Waals surface area (Å²) >= 11 is 0. The molecule has 0 aliphatic carbocycles. The lowest BCUT2D eigenvalue weighted by atomic mass is 10.2. The van der Waals surface area contributed by atoms with Crippen molar-refractivity contribution in [2.24, 2.45) is 0 Å². The van der Waals surface area contributed by atoms with Gasteiger partial charge in [0.2, 0.25) is 5.95 Å². The molecule has 0 radical (unpaired) electrons. The van der Waals surface area contributed by atoms with Gasteiger partial charge in [0.15, 0.2) is 5.76 Å².